The van der Waals surface area contributed by atoms with Crippen LogP contribution < -0.4 is 10.9 Å². The van der Waals surface area contributed by atoms with E-state index in [1.165, 1.54) is 12.1 Å². The molecule has 0 aliphatic rings. The zero-order chi connectivity index (χ0) is 23.9. The summed E-state index contributed by atoms with van der Waals surface area (Å²) in [5, 5.41) is 8.13. The van der Waals surface area contributed by atoms with Gasteiger partial charge >= 0.3 is 0 Å². The van der Waals surface area contributed by atoms with Crippen molar-refractivity contribution in [2.75, 3.05) is 10.9 Å². The van der Waals surface area contributed by atoms with Crippen LogP contribution in [0.15, 0.2) is 95.1 Å². The van der Waals surface area contributed by atoms with Gasteiger partial charge in [0, 0.05) is 6.07 Å². The fourth-order valence-electron chi connectivity index (χ4n) is 3.20. The zero-order valence-electron chi connectivity index (χ0n) is 18.3. The topological polar surface area (TPSA) is 48.8 Å². The van der Waals surface area contributed by atoms with Crippen molar-refractivity contribution in [1.82, 2.24) is 0 Å². The van der Waals surface area contributed by atoms with Gasteiger partial charge < -0.3 is 0 Å². The molecular weight excluding hydrogens is 437 g/mol. The van der Waals surface area contributed by atoms with Crippen molar-refractivity contribution in [2.45, 2.75) is 6.92 Å². The van der Waals surface area contributed by atoms with Gasteiger partial charge in [0.05, 0.1) is 23.8 Å². The lowest BCUT2D eigenvalue weighted by molar-refractivity contribution is 0.585. The van der Waals surface area contributed by atoms with Gasteiger partial charge in [-0.1, -0.05) is 48.5 Å². The molecule has 0 fully saturated rings. The maximum absolute atomic E-state index is 13.9. The van der Waals surface area contributed by atoms with E-state index in [-0.39, 0.29) is 11.5 Å². The number of nitrogens with one attached hydrogen (secondary N) is 2. The number of rotatable bonds is 7. The molecule has 4 nitrogen and oxygen atoms in total. The summed E-state index contributed by atoms with van der Waals surface area (Å²) in [5.74, 6) is -1.71. The molecule has 4 aromatic rings. The predicted molar refractivity (Wildman–Crippen MR) is 132 cm³/mol. The number of benzene rings is 4. The van der Waals surface area contributed by atoms with E-state index in [0.717, 1.165) is 39.9 Å². The minimum atomic E-state index is -0.713. The molecular formula is C27H21F3N4. The van der Waals surface area contributed by atoms with Crippen molar-refractivity contribution >= 4 is 23.8 Å². The zero-order valence-corrected chi connectivity index (χ0v) is 18.3. The van der Waals surface area contributed by atoms with Crippen LogP contribution in [0.25, 0.3) is 11.1 Å². The molecule has 4 rings (SSSR count). The summed E-state index contributed by atoms with van der Waals surface area (Å²) in [5.41, 5.74) is 10.2. The predicted octanol–water partition coefficient (Wildman–Crippen LogP) is 6.97. The monoisotopic (exact) mass is 458 g/mol. The highest BCUT2D eigenvalue weighted by Gasteiger charge is 2.03. The van der Waals surface area contributed by atoms with E-state index in [2.05, 4.69) is 21.1 Å². The first-order chi connectivity index (χ1) is 16.5. The average Bonchev–Trinajstić information content (AvgIpc) is 2.82. The Labute approximate surface area is 195 Å². The molecule has 2 N–H and O–H groups in total. The molecule has 4 aromatic carbocycles. The standard InChI is InChI=1S/C27H21F3N4/c1-18-5-11-26(24(29)13-18)33-32-17-20-3-2-4-22(14-20)21-8-6-19(7-9-21)16-31-34-27-12-10-23(28)15-25(27)30/h2-17,33-34H,1H3/b31-16+,32-17+. The minimum absolute atomic E-state index is 0.0901. The van der Waals surface area contributed by atoms with Crippen LogP contribution in [0.1, 0.15) is 16.7 Å². The van der Waals surface area contributed by atoms with Gasteiger partial charge in [-0.25, -0.2) is 13.2 Å². The first-order valence-electron chi connectivity index (χ1n) is 10.5. The highest BCUT2D eigenvalue weighted by Crippen LogP contribution is 2.21. The second kappa shape index (κ2) is 10.5. The number of hydrogen-bond acceptors (Lipinski definition) is 4. The van der Waals surface area contributed by atoms with Gasteiger partial charge in [-0.2, -0.15) is 10.2 Å². The van der Waals surface area contributed by atoms with E-state index in [4.69, 9.17) is 0 Å². The Morgan fingerprint density at radius 1 is 0.618 bits per heavy atom. The van der Waals surface area contributed by atoms with Crippen LogP contribution in [0.2, 0.25) is 0 Å². The highest BCUT2D eigenvalue weighted by atomic mass is 19.1. The maximum atomic E-state index is 13.9. The van der Waals surface area contributed by atoms with Gasteiger partial charge in [0.15, 0.2) is 5.82 Å². The van der Waals surface area contributed by atoms with Crippen molar-refractivity contribution in [2.24, 2.45) is 10.2 Å². The largest absolute Gasteiger partial charge is 0.276 e. The summed E-state index contributed by atoms with van der Waals surface area (Å²) >= 11 is 0. The van der Waals surface area contributed by atoms with Crippen molar-refractivity contribution in [3.05, 3.63) is 119 Å². The van der Waals surface area contributed by atoms with Gasteiger partial charge in [0.1, 0.15) is 11.6 Å². The second-order valence-corrected chi connectivity index (χ2v) is 7.59. The SMILES string of the molecule is Cc1ccc(N/N=C/c2cccc(-c3ccc(/C=N/Nc4ccc(F)cc4F)cc3)c2)c(F)c1. The third-order valence-corrected chi connectivity index (χ3v) is 4.98. The van der Waals surface area contributed by atoms with Crippen LogP contribution in [0.3, 0.4) is 0 Å². The molecule has 34 heavy (non-hydrogen) atoms. The number of anilines is 2. The summed E-state index contributed by atoms with van der Waals surface area (Å²) in [6, 6.07) is 23.6. The molecule has 0 amide bonds. The molecule has 0 radical (unpaired) electrons. The van der Waals surface area contributed by atoms with E-state index in [0.29, 0.717) is 5.69 Å². The lowest BCUT2D eigenvalue weighted by atomic mass is 10.0. The molecule has 170 valence electrons. The van der Waals surface area contributed by atoms with E-state index >= 15 is 0 Å². The van der Waals surface area contributed by atoms with Crippen LogP contribution in [0.5, 0.6) is 0 Å². The summed E-state index contributed by atoms with van der Waals surface area (Å²) in [4.78, 5) is 0. The fourth-order valence-corrected chi connectivity index (χ4v) is 3.20. The molecule has 0 saturated carbocycles. The average molecular weight is 458 g/mol. The lowest BCUT2D eigenvalue weighted by Gasteiger charge is -2.05. The molecule has 0 saturated heterocycles. The van der Waals surface area contributed by atoms with E-state index in [9.17, 15) is 13.2 Å². The first-order valence-corrected chi connectivity index (χ1v) is 10.5. The number of nitrogens with zero attached hydrogens (tertiary/aromatic N) is 2. The Hall–Kier alpha value is -4.39. The number of hydrogen-bond donors (Lipinski definition) is 2. The van der Waals surface area contributed by atoms with Gasteiger partial charge in [0.2, 0.25) is 0 Å². The Balaban J connectivity index is 1.40. The van der Waals surface area contributed by atoms with Gasteiger partial charge in [-0.15, -0.1) is 0 Å². The Bertz CT molecular complexity index is 1350. The molecule has 0 unspecified atom stereocenters. The molecule has 7 heteroatoms. The number of halogens is 3. The van der Waals surface area contributed by atoms with Gasteiger partial charge in [-0.05, 0) is 65.1 Å². The van der Waals surface area contributed by atoms with Crippen LogP contribution in [0.4, 0.5) is 24.5 Å². The van der Waals surface area contributed by atoms with Crippen molar-refractivity contribution in [1.29, 1.82) is 0 Å². The molecule has 0 spiro atoms. The van der Waals surface area contributed by atoms with Crippen molar-refractivity contribution < 1.29 is 13.2 Å². The smallest absolute Gasteiger partial charge is 0.151 e. The number of hydrazone groups is 2. The normalized spacial score (nSPS) is 11.3. The molecule has 0 bridgehead atoms. The summed E-state index contributed by atoms with van der Waals surface area (Å²) in [7, 11) is 0. The maximum Gasteiger partial charge on any atom is 0.151 e. The summed E-state index contributed by atoms with van der Waals surface area (Å²) in [6.45, 7) is 1.83. The minimum Gasteiger partial charge on any atom is -0.276 e. The Morgan fingerprint density at radius 3 is 1.94 bits per heavy atom. The third kappa shape index (κ3) is 5.89. The molecule has 0 atom stereocenters. The Morgan fingerprint density at radius 2 is 1.26 bits per heavy atom. The van der Waals surface area contributed by atoms with Gasteiger partial charge in [0.25, 0.3) is 0 Å². The van der Waals surface area contributed by atoms with E-state index in [1.54, 1.807) is 18.5 Å². The van der Waals surface area contributed by atoms with Crippen LogP contribution in [-0.4, -0.2) is 12.4 Å². The molecule has 0 aliphatic heterocycles. The fraction of sp³-hybridized carbons (Fsp3) is 0.0370. The van der Waals surface area contributed by atoms with E-state index in [1.807, 2.05) is 61.5 Å². The van der Waals surface area contributed by atoms with Crippen LogP contribution in [-0.2, 0) is 0 Å². The molecule has 0 aliphatic carbocycles. The van der Waals surface area contributed by atoms with E-state index < -0.39 is 11.6 Å². The van der Waals surface area contributed by atoms with Crippen LogP contribution in [0, 0.1) is 24.4 Å². The van der Waals surface area contributed by atoms with Crippen molar-refractivity contribution in [3.8, 4) is 11.1 Å². The summed E-state index contributed by atoms with van der Waals surface area (Å²) < 4.78 is 40.5. The second-order valence-electron chi connectivity index (χ2n) is 7.59. The highest BCUT2D eigenvalue weighted by molar-refractivity contribution is 5.84. The van der Waals surface area contributed by atoms with Crippen molar-refractivity contribution in [3.63, 3.8) is 0 Å². The van der Waals surface area contributed by atoms with Crippen LogP contribution >= 0.6 is 0 Å². The molecule has 0 aromatic heterocycles. The van der Waals surface area contributed by atoms with Gasteiger partial charge in [-0.3, -0.25) is 10.9 Å². The summed E-state index contributed by atoms with van der Waals surface area (Å²) in [6.07, 6.45) is 3.18. The lowest BCUT2D eigenvalue weighted by Crippen LogP contribution is -1.95. The third-order valence-electron chi connectivity index (χ3n) is 4.98. The molecule has 0 heterocycles. The number of aryl methyl sites for hydroxylation is 1. The quantitative estimate of drug-likeness (QED) is 0.232. The Kier molecular flexibility index (Phi) is 7.03. The first kappa shape index (κ1) is 22.8.